The molecular weight excluding hydrogens is 496 g/mol. The van der Waals surface area contributed by atoms with E-state index in [9.17, 15) is 9.59 Å². The summed E-state index contributed by atoms with van der Waals surface area (Å²) in [5, 5.41) is 4.00. The van der Waals surface area contributed by atoms with E-state index in [1.807, 2.05) is 0 Å². The molecule has 1 aliphatic rings. The molecule has 0 atom stereocenters. The normalized spacial score (nSPS) is 12.0. The van der Waals surface area contributed by atoms with Gasteiger partial charge >= 0.3 is 5.97 Å². The van der Waals surface area contributed by atoms with Crippen molar-refractivity contribution in [3.8, 4) is 40.2 Å². The summed E-state index contributed by atoms with van der Waals surface area (Å²) in [5.74, 6) is 1.48. The van der Waals surface area contributed by atoms with Crippen LogP contribution in [0.5, 0.6) is 40.2 Å². The molecule has 11 nitrogen and oxygen atoms in total. The second kappa shape index (κ2) is 11.9. The van der Waals surface area contributed by atoms with E-state index in [-0.39, 0.29) is 17.1 Å². The minimum Gasteiger partial charge on any atom is -0.493 e. The number of fused-ring (bicyclic) bond motifs is 1. The third-order valence-corrected chi connectivity index (χ3v) is 5.47. The molecule has 0 saturated carbocycles. The van der Waals surface area contributed by atoms with Gasteiger partial charge in [0.05, 0.1) is 40.2 Å². The van der Waals surface area contributed by atoms with Crippen LogP contribution < -0.4 is 38.6 Å². The smallest absolute Gasteiger partial charge is 0.343 e. The number of nitrogens with zero attached hydrogens (tertiary/aromatic N) is 1. The third-order valence-electron chi connectivity index (χ3n) is 5.47. The second-order valence-corrected chi connectivity index (χ2v) is 7.77. The quantitative estimate of drug-likeness (QED) is 0.195. The zero-order valence-electron chi connectivity index (χ0n) is 21.2. The van der Waals surface area contributed by atoms with Crippen molar-refractivity contribution in [2.24, 2.45) is 5.10 Å². The zero-order chi connectivity index (χ0) is 27.1. The average Bonchev–Trinajstić information content (AvgIpc) is 2.96. The number of hydrogen-bond acceptors (Lipinski definition) is 10. The Hall–Kier alpha value is -4.93. The van der Waals surface area contributed by atoms with E-state index in [2.05, 4.69) is 10.5 Å². The molecule has 4 rings (SSSR count). The van der Waals surface area contributed by atoms with Crippen molar-refractivity contribution in [2.45, 2.75) is 0 Å². The molecule has 0 unspecified atom stereocenters. The molecule has 0 radical (unpaired) electrons. The van der Waals surface area contributed by atoms with Crippen molar-refractivity contribution < 1.29 is 42.7 Å². The highest BCUT2D eigenvalue weighted by atomic mass is 16.6. The Balaban J connectivity index is 1.44. The number of carbonyl (C=O) groups excluding carboxylic acids is 2. The number of rotatable bonds is 9. The van der Waals surface area contributed by atoms with Gasteiger partial charge in [0.1, 0.15) is 13.2 Å². The van der Waals surface area contributed by atoms with Crippen molar-refractivity contribution in [1.29, 1.82) is 0 Å². The van der Waals surface area contributed by atoms with E-state index in [1.54, 1.807) is 36.4 Å². The Morgan fingerprint density at radius 1 is 0.763 bits per heavy atom. The van der Waals surface area contributed by atoms with Crippen LogP contribution in [0.1, 0.15) is 26.3 Å². The number of ether oxygens (including phenoxy) is 7. The molecule has 0 saturated heterocycles. The molecule has 1 aliphatic heterocycles. The number of amides is 1. The number of carbonyl (C=O) groups is 2. The van der Waals surface area contributed by atoms with Gasteiger partial charge in [-0.15, -0.1) is 0 Å². The predicted molar refractivity (Wildman–Crippen MR) is 137 cm³/mol. The molecule has 0 fully saturated rings. The van der Waals surface area contributed by atoms with E-state index in [1.165, 1.54) is 46.8 Å². The molecule has 3 aromatic rings. The minimum absolute atomic E-state index is 0.184. The molecule has 1 heterocycles. The fraction of sp³-hybridized carbons (Fsp3) is 0.222. The van der Waals surface area contributed by atoms with Gasteiger partial charge in [0.2, 0.25) is 5.75 Å². The summed E-state index contributed by atoms with van der Waals surface area (Å²) >= 11 is 0. The van der Waals surface area contributed by atoms with Crippen molar-refractivity contribution in [3.05, 3.63) is 65.2 Å². The number of hydrazone groups is 1. The number of benzene rings is 3. The van der Waals surface area contributed by atoms with Gasteiger partial charge in [-0.3, -0.25) is 4.79 Å². The SMILES string of the molecule is COc1cc(/C=N\NC(=O)c2ccc3c(c2)OCCO3)ccc1OC(=O)c1cc(OC)c(OC)c(OC)c1. The lowest BCUT2D eigenvalue weighted by Gasteiger charge is -2.18. The van der Waals surface area contributed by atoms with Crippen LogP contribution in [-0.2, 0) is 0 Å². The molecule has 11 heteroatoms. The van der Waals surface area contributed by atoms with Crippen LogP contribution >= 0.6 is 0 Å². The topological polar surface area (TPSA) is 123 Å². The van der Waals surface area contributed by atoms with Crippen molar-refractivity contribution in [3.63, 3.8) is 0 Å². The summed E-state index contributed by atoms with van der Waals surface area (Å²) in [5.41, 5.74) is 3.62. The van der Waals surface area contributed by atoms with Crippen LogP contribution in [0.25, 0.3) is 0 Å². The number of hydrogen-bond donors (Lipinski definition) is 1. The highest BCUT2D eigenvalue weighted by Crippen LogP contribution is 2.39. The first-order chi connectivity index (χ1) is 18.5. The molecule has 1 amide bonds. The van der Waals surface area contributed by atoms with E-state index < -0.39 is 11.9 Å². The van der Waals surface area contributed by atoms with Gasteiger partial charge in [0.15, 0.2) is 34.5 Å². The van der Waals surface area contributed by atoms with Gasteiger partial charge in [-0.2, -0.15) is 5.10 Å². The van der Waals surface area contributed by atoms with E-state index >= 15 is 0 Å². The first-order valence-electron chi connectivity index (χ1n) is 11.4. The van der Waals surface area contributed by atoms with Crippen LogP contribution in [-0.4, -0.2) is 59.7 Å². The van der Waals surface area contributed by atoms with Crippen LogP contribution in [0.4, 0.5) is 0 Å². The lowest BCUT2D eigenvalue weighted by Crippen LogP contribution is -2.19. The summed E-state index contributed by atoms with van der Waals surface area (Å²) in [4.78, 5) is 25.3. The molecular formula is C27H26N2O9. The molecule has 0 spiro atoms. The summed E-state index contributed by atoms with van der Waals surface area (Å²) in [6.45, 7) is 0.890. The average molecular weight is 523 g/mol. The largest absolute Gasteiger partial charge is 0.493 e. The van der Waals surface area contributed by atoms with E-state index in [0.717, 1.165) is 0 Å². The number of methoxy groups -OCH3 is 4. The molecule has 0 aliphatic carbocycles. The van der Waals surface area contributed by atoms with E-state index in [0.29, 0.717) is 53.1 Å². The van der Waals surface area contributed by atoms with Gasteiger partial charge in [0, 0.05) is 5.56 Å². The molecule has 0 bridgehead atoms. The third kappa shape index (κ3) is 5.72. The Kier molecular flexibility index (Phi) is 8.17. The maximum Gasteiger partial charge on any atom is 0.343 e. The van der Waals surface area contributed by atoms with E-state index in [4.69, 9.17) is 33.2 Å². The van der Waals surface area contributed by atoms with Gasteiger partial charge in [-0.1, -0.05) is 0 Å². The fourth-order valence-electron chi connectivity index (χ4n) is 3.62. The maximum atomic E-state index is 12.9. The monoisotopic (exact) mass is 522 g/mol. The van der Waals surface area contributed by atoms with Crippen LogP contribution in [0.3, 0.4) is 0 Å². The van der Waals surface area contributed by atoms with Gasteiger partial charge in [-0.25, -0.2) is 10.2 Å². The van der Waals surface area contributed by atoms with Crippen LogP contribution in [0.15, 0.2) is 53.6 Å². The fourth-order valence-corrected chi connectivity index (χ4v) is 3.62. The highest BCUT2D eigenvalue weighted by molar-refractivity contribution is 5.96. The maximum absolute atomic E-state index is 12.9. The van der Waals surface area contributed by atoms with Crippen molar-refractivity contribution >= 4 is 18.1 Å². The zero-order valence-corrected chi connectivity index (χ0v) is 21.2. The second-order valence-electron chi connectivity index (χ2n) is 7.77. The van der Waals surface area contributed by atoms with Crippen LogP contribution in [0.2, 0.25) is 0 Å². The summed E-state index contributed by atoms with van der Waals surface area (Å²) < 4.78 is 37.8. The predicted octanol–water partition coefficient (Wildman–Crippen LogP) is 3.48. The lowest BCUT2D eigenvalue weighted by molar-refractivity contribution is 0.0728. The van der Waals surface area contributed by atoms with Crippen molar-refractivity contribution in [1.82, 2.24) is 5.43 Å². The Bertz CT molecular complexity index is 1350. The lowest BCUT2D eigenvalue weighted by atomic mass is 10.1. The van der Waals surface area contributed by atoms with Gasteiger partial charge in [-0.05, 0) is 54.1 Å². The van der Waals surface area contributed by atoms with Crippen LogP contribution in [0, 0.1) is 0 Å². The summed E-state index contributed by atoms with van der Waals surface area (Å²) in [7, 11) is 5.82. The molecule has 38 heavy (non-hydrogen) atoms. The van der Waals surface area contributed by atoms with Crippen molar-refractivity contribution in [2.75, 3.05) is 41.7 Å². The number of esters is 1. The van der Waals surface area contributed by atoms with Gasteiger partial charge in [0.25, 0.3) is 5.91 Å². The Morgan fingerprint density at radius 2 is 1.45 bits per heavy atom. The minimum atomic E-state index is -0.657. The van der Waals surface area contributed by atoms with Gasteiger partial charge < -0.3 is 33.2 Å². The first-order valence-corrected chi connectivity index (χ1v) is 11.4. The molecule has 0 aromatic heterocycles. The molecule has 1 N–H and O–H groups in total. The first kappa shape index (κ1) is 26.1. The molecule has 3 aromatic carbocycles. The Morgan fingerprint density at radius 3 is 2.11 bits per heavy atom. The summed E-state index contributed by atoms with van der Waals surface area (Å²) in [6.07, 6.45) is 1.43. The highest BCUT2D eigenvalue weighted by Gasteiger charge is 2.20. The summed E-state index contributed by atoms with van der Waals surface area (Å²) in [6, 6.07) is 12.7. The molecule has 198 valence electrons. The Labute approximate surface area is 218 Å². The standard InChI is InChI=1S/C27H26N2O9/c1-32-21-11-16(15-28-29-26(30)17-6-8-19-22(12-17)37-10-9-36-19)5-7-20(21)38-27(31)18-13-23(33-2)25(35-4)24(14-18)34-3/h5-8,11-15H,9-10H2,1-4H3,(H,29,30)/b28-15-. The number of nitrogens with one attached hydrogen (secondary N) is 1.